The van der Waals surface area contributed by atoms with Crippen molar-refractivity contribution in [3.8, 4) is 22.6 Å². The van der Waals surface area contributed by atoms with Gasteiger partial charge in [0.1, 0.15) is 19.0 Å². The van der Waals surface area contributed by atoms with Gasteiger partial charge < -0.3 is 15.2 Å². The van der Waals surface area contributed by atoms with Gasteiger partial charge in [-0.15, -0.1) is 0 Å². The number of benzene rings is 3. The van der Waals surface area contributed by atoms with Crippen LogP contribution in [0.25, 0.3) is 11.1 Å². The average Bonchev–Trinajstić information content (AvgIpc) is 2.71. The van der Waals surface area contributed by atoms with E-state index in [0.717, 1.165) is 5.56 Å². The molecule has 0 aliphatic carbocycles. The highest BCUT2D eigenvalue weighted by molar-refractivity contribution is 5.68. The van der Waals surface area contributed by atoms with E-state index >= 15 is 0 Å². The van der Waals surface area contributed by atoms with Gasteiger partial charge in [0.25, 0.3) is 0 Å². The minimum Gasteiger partial charge on any atom is -0.488 e. The van der Waals surface area contributed by atoms with Crippen molar-refractivity contribution < 1.29 is 27.0 Å². The summed E-state index contributed by atoms with van der Waals surface area (Å²) in [6.07, 6.45) is -4.78. The first kappa shape index (κ1) is 20.7. The minimum absolute atomic E-state index is 0.172. The molecule has 29 heavy (non-hydrogen) atoms. The molecule has 3 aromatic carbocycles. The highest BCUT2D eigenvalue weighted by atomic mass is 19.4. The Hall–Kier alpha value is -3.06. The van der Waals surface area contributed by atoms with Crippen LogP contribution in [0, 0.1) is 5.82 Å². The molecule has 152 valence electrons. The number of ether oxygens (including phenoxy) is 2. The van der Waals surface area contributed by atoms with Gasteiger partial charge in [0.15, 0.2) is 11.5 Å². The molecular formula is C22H19F4NO2. The van der Waals surface area contributed by atoms with Gasteiger partial charge in [-0.25, -0.2) is 4.39 Å². The molecule has 0 saturated heterocycles. The molecule has 0 unspecified atom stereocenters. The molecular weight excluding hydrogens is 386 g/mol. The van der Waals surface area contributed by atoms with Crippen LogP contribution < -0.4 is 15.2 Å². The lowest BCUT2D eigenvalue weighted by Gasteiger charge is -2.15. The molecule has 0 radical (unpaired) electrons. The highest BCUT2D eigenvalue weighted by Gasteiger charge is 2.35. The maximum Gasteiger partial charge on any atom is 0.419 e. The zero-order valence-electron chi connectivity index (χ0n) is 15.4. The average molecular weight is 405 g/mol. The summed E-state index contributed by atoms with van der Waals surface area (Å²) >= 11 is 0. The summed E-state index contributed by atoms with van der Waals surface area (Å²) in [4.78, 5) is 0. The second-order valence-electron chi connectivity index (χ2n) is 6.24. The Bertz CT molecular complexity index is 959. The fraction of sp³-hybridized carbons (Fsp3) is 0.182. The third-order valence-electron chi connectivity index (χ3n) is 4.17. The van der Waals surface area contributed by atoms with Gasteiger partial charge in [0.2, 0.25) is 0 Å². The van der Waals surface area contributed by atoms with Crippen LogP contribution in [0.4, 0.5) is 17.6 Å². The van der Waals surface area contributed by atoms with Crippen molar-refractivity contribution in [2.24, 2.45) is 5.73 Å². The van der Waals surface area contributed by atoms with E-state index in [1.165, 1.54) is 30.3 Å². The zero-order valence-corrected chi connectivity index (χ0v) is 15.4. The molecule has 0 spiro atoms. The summed E-state index contributed by atoms with van der Waals surface area (Å²) in [5.74, 6) is -0.663. The van der Waals surface area contributed by atoms with Crippen molar-refractivity contribution in [3.05, 3.63) is 83.7 Å². The van der Waals surface area contributed by atoms with E-state index in [0.29, 0.717) is 11.8 Å². The molecule has 0 amide bonds. The number of alkyl halides is 3. The van der Waals surface area contributed by atoms with Crippen molar-refractivity contribution in [1.29, 1.82) is 0 Å². The number of rotatable bonds is 7. The van der Waals surface area contributed by atoms with Crippen LogP contribution in [0.2, 0.25) is 0 Å². The fourth-order valence-electron chi connectivity index (χ4n) is 2.79. The Kier molecular flexibility index (Phi) is 6.39. The maximum atomic E-state index is 14.5. The normalized spacial score (nSPS) is 11.3. The second kappa shape index (κ2) is 8.96. The molecule has 0 fully saturated rings. The monoisotopic (exact) mass is 405 g/mol. The lowest BCUT2D eigenvalue weighted by Crippen LogP contribution is -2.11. The number of halogens is 4. The third-order valence-corrected chi connectivity index (χ3v) is 4.17. The first-order chi connectivity index (χ1) is 13.9. The van der Waals surface area contributed by atoms with Crippen LogP contribution in [0.15, 0.2) is 66.7 Å². The van der Waals surface area contributed by atoms with Gasteiger partial charge in [-0.3, -0.25) is 0 Å². The van der Waals surface area contributed by atoms with Crippen molar-refractivity contribution in [1.82, 2.24) is 0 Å². The van der Waals surface area contributed by atoms with Gasteiger partial charge >= 0.3 is 6.18 Å². The van der Waals surface area contributed by atoms with Crippen LogP contribution >= 0.6 is 0 Å². The van der Waals surface area contributed by atoms with Crippen LogP contribution in [-0.4, -0.2) is 13.2 Å². The predicted octanol–water partition coefficient (Wildman–Crippen LogP) is 5.43. The van der Waals surface area contributed by atoms with Crippen LogP contribution in [0.5, 0.6) is 11.5 Å². The first-order valence-corrected chi connectivity index (χ1v) is 8.90. The first-order valence-electron chi connectivity index (χ1n) is 8.90. The molecule has 0 aliphatic heterocycles. The summed E-state index contributed by atoms with van der Waals surface area (Å²) in [6.45, 7) is 0.732. The Labute approximate surface area is 165 Å². The number of nitrogens with two attached hydrogens (primary N) is 1. The standard InChI is InChI=1S/C22H19F4NO2/c23-21-17(7-4-8-18(21)22(24,25)26)16-9-10-19(28-12-11-27)20(13-16)29-14-15-5-2-1-3-6-15/h1-10,13H,11-12,14,27H2. The smallest absolute Gasteiger partial charge is 0.419 e. The van der Waals surface area contributed by atoms with Gasteiger partial charge in [-0.05, 0) is 29.3 Å². The number of hydrogen-bond acceptors (Lipinski definition) is 3. The van der Waals surface area contributed by atoms with Crippen LogP contribution in [0.3, 0.4) is 0 Å². The van der Waals surface area contributed by atoms with E-state index in [9.17, 15) is 17.6 Å². The Balaban J connectivity index is 1.96. The minimum atomic E-state index is -4.78. The van der Waals surface area contributed by atoms with E-state index in [1.54, 1.807) is 0 Å². The molecule has 3 rings (SSSR count). The Morgan fingerprint density at radius 3 is 2.28 bits per heavy atom. The summed E-state index contributed by atoms with van der Waals surface area (Å²) in [5.41, 5.74) is 5.12. The van der Waals surface area contributed by atoms with E-state index in [4.69, 9.17) is 15.2 Å². The van der Waals surface area contributed by atoms with Crippen LogP contribution in [-0.2, 0) is 12.8 Å². The van der Waals surface area contributed by atoms with E-state index in [1.807, 2.05) is 30.3 Å². The SMILES string of the molecule is NCCOc1ccc(-c2cccc(C(F)(F)F)c2F)cc1OCc1ccccc1. The second-order valence-corrected chi connectivity index (χ2v) is 6.24. The van der Waals surface area contributed by atoms with Crippen molar-refractivity contribution in [3.63, 3.8) is 0 Å². The van der Waals surface area contributed by atoms with E-state index < -0.39 is 17.6 Å². The van der Waals surface area contributed by atoms with Crippen molar-refractivity contribution >= 4 is 0 Å². The largest absolute Gasteiger partial charge is 0.488 e. The fourth-order valence-corrected chi connectivity index (χ4v) is 2.79. The molecule has 3 aromatic rings. The Morgan fingerprint density at radius 1 is 0.828 bits per heavy atom. The van der Waals surface area contributed by atoms with Crippen molar-refractivity contribution in [2.75, 3.05) is 13.2 Å². The zero-order chi connectivity index (χ0) is 20.9. The van der Waals surface area contributed by atoms with E-state index in [2.05, 4.69) is 0 Å². The topological polar surface area (TPSA) is 44.5 Å². The third kappa shape index (κ3) is 5.06. The maximum absolute atomic E-state index is 14.5. The van der Waals surface area contributed by atoms with Crippen molar-refractivity contribution in [2.45, 2.75) is 12.8 Å². The van der Waals surface area contributed by atoms with Gasteiger partial charge in [0, 0.05) is 12.1 Å². The van der Waals surface area contributed by atoms with Gasteiger partial charge in [0.05, 0.1) is 5.56 Å². The van der Waals surface area contributed by atoms with Gasteiger partial charge in [-0.2, -0.15) is 13.2 Å². The van der Waals surface area contributed by atoms with E-state index in [-0.39, 0.29) is 36.6 Å². The lowest BCUT2D eigenvalue weighted by atomic mass is 10.0. The van der Waals surface area contributed by atoms with Crippen LogP contribution in [0.1, 0.15) is 11.1 Å². The lowest BCUT2D eigenvalue weighted by molar-refractivity contribution is -0.139. The molecule has 0 heterocycles. The summed E-state index contributed by atoms with van der Waals surface area (Å²) in [7, 11) is 0. The van der Waals surface area contributed by atoms with Gasteiger partial charge in [-0.1, -0.05) is 48.5 Å². The molecule has 0 bridgehead atoms. The molecule has 7 heteroatoms. The summed E-state index contributed by atoms with van der Waals surface area (Å²) in [5, 5.41) is 0. The molecule has 0 aromatic heterocycles. The molecule has 0 aliphatic rings. The molecule has 2 N–H and O–H groups in total. The Morgan fingerprint density at radius 2 is 1.59 bits per heavy atom. The highest BCUT2D eigenvalue weighted by Crippen LogP contribution is 2.38. The molecule has 0 saturated carbocycles. The summed E-state index contributed by atoms with van der Waals surface area (Å²) < 4.78 is 65.0. The summed E-state index contributed by atoms with van der Waals surface area (Å²) in [6, 6.07) is 17.0. The molecule has 0 atom stereocenters. The number of hydrogen-bond donors (Lipinski definition) is 1. The molecule has 3 nitrogen and oxygen atoms in total. The predicted molar refractivity (Wildman–Crippen MR) is 102 cm³/mol. The quantitative estimate of drug-likeness (QED) is 0.533.